The minimum atomic E-state index is -1.20. The van der Waals surface area contributed by atoms with Crippen LogP contribution in [0.1, 0.15) is 47.3 Å². The highest BCUT2D eigenvalue weighted by atomic mass is 16.2. The third-order valence-corrected chi connectivity index (χ3v) is 5.83. The molecule has 1 heterocycles. The number of ketones is 1. The van der Waals surface area contributed by atoms with Gasteiger partial charge in [0.1, 0.15) is 12.1 Å². The van der Waals surface area contributed by atoms with Crippen molar-refractivity contribution in [2.75, 3.05) is 11.9 Å². The maximum absolute atomic E-state index is 13.1. The van der Waals surface area contributed by atoms with Crippen LogP contribution in [0.25, 0.3) is 0 Å². The number of rotatable bonds is 5. The number of fused-ring (bicyclic) bond motifs is 1. The fraction of sp³-hybridized carbons (Fsp3) is 0.304. The SMILES string of the molecule is CC(=O)c1ccc(NC(=O)CN2C(=O)N[C@@](C)(c3ccc4c(c3)CCC4)C2=O)cc1. The average Bonchev–Trinajstić information content (AvgIpc) is 3.27. The number of carbonyl (C=O) groups excluding carboxylic acids is 4. The number of amides is 4. The molecule has 0 saturated carbocycles. The van der Waals surface area contributed by atoms with E-state index in [9.17, 15) is 19.2 Å². The maximum atomic E-state index is 13.1. The lowest BCUT2D eigenvalue weighted by Crippen LogP contribution is -2.42. The molecular formula is C23H23N3O4. The quantitative estimate of drug-likeness (QED) is 0.591. The van der Waals surface area contributed by atoms with Gasteiger partial charge in [0.15, 0.2) is 5.78 Å². The Hall–Kier alpha value is -3.48. The van der Waals surface area contributed by atoms with Crippen LogP contribution >= 0.6 is 0 Å². The minimum absolute atomic E-state index is 0.0712. The Morgan fingerprint density at radius 1 is 1.07 bits per heavy atom. The summed E-state index contributed by atoms with van der Waals surface area (Å²) in [4.78, 5) is 50.3. The molecule has 1 fully saturated rings. The summed E-state index contributed by atoms with van der Waals surface area (Å²) in [5, 5.41) is 5.40. The van der Waals surface area contributed by atoms with Crippen molar-refractivity contribution in [1.82, 2.24) is 10.2 Å². The van der Waals surface area contributed by atoms with Crippen molar-refractivity contribution in [1.29, 1.82) is 0 Å². The third-order valence-electron chi connectivity index (χ3n) is 5.83. The van der Waals surface area contributed by atoms with E-state index in [1.165, 1.54) is 18.1 Å². The van der Waals surface area contributed by atoms with Crippen LogP contribution in [0.4, 0.5) is 10.5 Å². The number of urea groups is 1. The van der Waals surface area contributed by atoms with E-state index < -0.39 is 23.4 Å². The molecule has 0 unspecified atom stereocenters. The largest absolute Gasteiger partial charge is 0.325 e. The third kappa shape index (κ3) is 3.47. The second-order valence-electron chi connectivity index (χ2n) is 7.97. The number of Topliss-reactive ketones (excluding diaryl/α,β-unsaturated/α-hetero) is 1. The molecule has 1 saturated heterocycles. The Balaban J connectivity index is 1.47. The van der Waals surface area contributed by atoms with Crippen LogP contribution in [-0.4, -0.2) is 35.1 Å². The van der Waals surface area contributed by atoms with Gasteiger partial charge in [-0.2, -0.15) is 0 Å². The maximum Gasteiger partial charge on any atom is 0.325 e. The molecule has 4 rings (SSSR count). The average molecular weight is 405 g/mol. The summed E-state index contributed by atoms with van der Waals surface area (Å²) < 4.78 is 0. The van der Waals surface area contributed by atoms with Gasteiger partial charge in [-0.25, -0.2) is 4.79 Å². The monoisotopic (exact) mass is 405 g/mol. The summed E-state index contributed by atoms with van der Waals surface area (Å²) in [6.07, 6.45) is 3.09. The highest BCUT2D eigenvalue weighted by molar-refractivity contribution is 6.10. The summed E-state index contributed by atoms with van der Waals surface area (Å²) in [5.74, 6) is -1.02. The van der Waals surface area contributed by atoms with Crippen molar-refractivity contribution in [2.45, 2.75) is 38.6 Å². The Kier molecular flexibility index (Phi) is 4.89. The first-order valence-electron chi connectivity index (χ1n) is 9.95. The first-order chi connectivity index (χ1) is 14.3. The number of anilines is 1. The Morgan fingerprint density at radius 2 is 1.77 bits per heavy atom. The van der Waals surface area contributed by atoms with Gasteiger partial charge < -0.3 is 10.6 Å². The van der Waals surface area contributed by atoms with E-state index in [0.717, 1.165) is 29.7 Å². The molecule has 2 N–H and O–H groups in total. The molecule has 7 heteroatoms. The summed E-state index contributed by atoms with van der Waals surface area (Å²) in [6, 6.07) is 11.7. The van der Waals surface area contributed by atoms with Gasteiger partial charge in [0, 0.05) is 11.3 Å². The molecule has 1 aliphatic heterocycles. The topological polar surface area (TPSA) is 95.6 Å². The summed E-state index contributed by atoms with van der Waals surface area (Å²) >= 11 is 0. The van der Waals surface area contributed by atoms with Gasteiger partial charge in [-0.15, -0.1) is 0 Å². The fourth-order valence-corrected chi connectivity index (χ4v) is 4.05. The number of benzene rings is 2. The number of aryl methyl sites for hydroxylation is 2. The van der Waals surface area contributed by atoms with Gasteiger partial charge in [0.25, 0.3) is 5.91 Å². The Bertz CT molecular complexity index is 1060. The number of imide groups is 1. The van der Waals surface area contributed by atoms with Crippen LogP contribution in [0.2, 0.25) is 0 Å². The van der Waals surface area contributed by atoms with Crippen LogP contribution in [-0.2, 0) is 28.0 Å². The summed E-state index contributed by atoms with van der Waals surface area (Å²) in [6.45, 7) is 2.74. The van der Waals surface area contributed by atoms with Gasteiger partial charge in [-0.1, -0.05) is 18.2 Å². The van der Waals surface area contributed by atoms with E-state index >= 15 is 0 Å². The normalized spacial score (nSPS) is 20.1. The first-order valence-corrected chi connectivity index (χ1v) is 9.95. The number of nitrogens with zero attached hydrogens (tertiary/aromatic N) is 1. The molecule has 30 heavy (non-hydrogen) atoms. The van der Waals surface area contributed by atoms with Gasteiger partial charge in [0.2, 0.25) is 5.91 Å². The van der Waals surface area contributed by atoms with E-state index in [4.69, 9.17) is 0 Å². The zero-order valence-electron chi connectivity index (χ0n) is 17.0. The lowest BCUT2D eigenvalue weighted by molar-refractivity contribution is -0.133. The van der Waals surface area contributed by atoms with Gasteiger partial charge in [-0.05, 0) is 74.1 Å². The van der Waals surface area contributed by atoms with E-state index in [0.29, 0.717) is 11.3 Å². The molecule has 1 aliphatic carbocycles. The standard InChI is InChI=1S/C23H23N3O4/c1-14(27)15-7-10-19(11-8-15)24-20(28)13-26-21(29)23(2,25-22(26)30)18-9-6-16-4-3-5-17(16)12-18/h6-12H,3-5,13H2,1-2H3,(H,24,28)(H,25,30)/t23-/m0/s1. The molecular weight excluding hydrogens is 382 g/mol. The molecule has 7 nitrogen and oxygen atoms in total. The van der Waals surface area contributed by atoms with Gasteiger partial charge in [0.05, 0.1) is 0 Å². The molecule has 2 aromatic rings. The van der Waals surface area contributed by atoms with E-state index in [2.05, 4.69) is 10.6 Å². The summed E-state index contributed by atoms with van der Waals surface area (Å²) in [7, 11) is 0. The smallest absolute Gasteiger partial charge is 0.325 e. The lowest BCUT2D eigenvalue weighted by atomic mass is 9.89. The number of hydrogen-bond donors (Lipinski definition) is 2. The predicted molar refractivity (Wildman–Crippen MR) is 111 cm³/mol. The number of hydrogen-bond acceptors (Lipinski definition) is 4. The number of nitrogens with one attached hydrogen (secondary N) is 2. The molecule has 0 bridgehead atoms. The van der Waals surface area contributed by atoms with Crippen molar-refractivity contribution in [3.05, 3.63) is 64.7 Å². The van der Waals surface area contributed by atoms with Crippen molar-refractivity contribution in [3.63, 3.8) is 0 Å². The molecule has 4 amide bonds. The van der Waals surface area contributed by atoms with Crippen LogP contribution in [0.5, 0.6) is 0 Å². The molecule has 0 spiro atoms. The minimum Gasteiger partial charge on any atom is -0.325 e. The van der Waals surface area contributed by atoms with E-state index in [-0.39, 0.29) is 12.3 Å². The predicted octanol–water partition coefficient (Wildman–Crippen LogP) is 2.78. The Labute approximate surface area is 174 Å². The molecule has 1 atom stereocenters. The van der Waals surface area contributed by atoms with Crippen molar-refractivity contribution >= 4 is 29.3 Å². The molecule has 154 valence electrons. The molecule has 2 aromatic carbocycles. The van der Waals surface area contributed by atoms with Crippen LogP contribution in [0.3, 0.4) is 0 Å². The van der Waals surface area contributed by atoms with Crippen molar-refractivity contribution in [2.24, 2.45) is 0 Å². The van der Waals surface area contributed by atoms with Crippen molar-refractivity contribution in [3.8, 4) is 0 Å². The number of carbonyl (C=O) groups is 4. The van der Waals surface area contributed by atoms with E-state index in [1.54, 1.807) is 31.2 Å². The van der Waals surface area contributed by atoms with Crippen LogP contribution in [0, 0.1) is 0 Å². The van der Waals surface area contributed by atoms with Gasteiger partial charge in [-0.3, -0.25) is 19.3 Å². The second kappa shape index (κ2) is 7.40. The fourth-order valence-electron chi connectivity index (χ4n) is 4.05. The zero-order chi connectivity index (χ0) is 21.5. The van der Waals surface area contributed by atoms with Crippen LogP contribution in [0.15, 0.2) is 42.5 Å². The molecule has 2 aliphatic rings. The van der Waals surface area contributed by atoms with Crippen LogP contribution < -0.4 is 10.6 Å². The van der Waals surface area contributed by atoms with Gasteiger partial charge >= 0.3 is 6.03 Å². The van der Waals surface area contributed by atoms with E-state index in [1.807, 2.05) is 18.2 Å². The Morgan fingerprint density at radius 3 is 2.47 bits per heavy atom. The highest BCUT2D eigenvalue weighted by Crippen LogP contribution is 2.32. The molecule has 0 aromatic heterocycles. The first kappa shape index (κ1) is 19.8. The second-order valence-corrected chi connectivity index (χ2v) is 7.97. The summed E-state index contributed by atoms with van der Waals surface area (Å²) in [5.41, 5.74) is 3.04. The lowest BCUT2D eigenvalue weighted by Gasteiger charge is -2.23. The zero-order valence-corrected chi connectivity index (χ0v) is 17.0. The van der Waals surface area contributed by atoms with Crippen molar-refractivity contribution < 1.29 is 19.2 Å². The molecule has 0 radical (unpaired) electrons. The highest BCUT2D eigenvalue weighted by Gasteiger charge is 2.49.